The van der Waals surface area contributed by atoms with Crippen molar-refractivity contribution in [3.05, 3.63) is 28.8 Å². The molecular weight excluding hydrogens is 1130 g/mol. The maximum absolute atomic E-state index is 14.6. The summed E-state index contributed by atoms with van der Waals surface area (Å²) in [5.74, 6) is -0.539. The molecule has 3 fully saturated rings. The predicted octanol–water partition coefficient (Wildman–Crippen LogP) is 6.32. The third-order valence-electron chi connectivity index (χ3n) is 13.2. The number of amides is 5. The molecule has 0 radical (unpaired) electrons. The highest BCUT2D eigenvalue weighted by atomic mass is 32.2. The molecule has 1 aromatic rings. The number of nitrogens with one attached hydrogen (secondary N) is 5. The van der Waals surface area contributed by atoms with E-state index in [9.17, 15) is 52.8 Å². The zero-order chi connectivity index (χ0) is 64.9. The van der Waals surface area contributed by atoms with Crippen molar-refractivity contribution in [3.63, 3.8) is 0 Å². The fraction of sp³-hybridized carbons (Fsp3) is 0.810. The molecule has 1 aliphatic carbocycles. The van der Waals surface area contributed by atoms with Crippen LogP contribution in [0.15, 0.2) is 17.0 Å². The molecule has 14 atom stereocenters. The second kappa shape index (κ2) is 28.5. The SMILES string of the molecule is CC(C)c1cc(C(C)C)c(S(=O)(=O)OCC2O[C@H](O[C@@H]3C(O)C(O[C@H]4O[C@H](CNC(=O)OC(C)(C)C)C(O)C[C@H]4NC(=O)OC(C)(C)C)[C@@H](NC(=O)OC(C)(C)C)C[C@H]3NC(=O)OC(C)(C)C)C(O)[C@@H](NC(=O)OC(C)(C)C)[C@@H]2O)c(C(C)C)c1. The maximum atomic E-state index is 14.6. The van der Waals surface area contributed by atoms with E-state index in [0.29, 0.717) is 11.1 Å². The minimum Gasteiger partial charge on any atom is -0.444 e. The summed E-state index contributed by atoms with van der Waals surface area (Å²) in [6, 6.07) is -2.24. The molecule has 488 valence electrons. The van der Waals surface area contributed by atoms with Crippen molar-refractivity contribution in [2.75, 3.05) is 13.2 Å². The van der Waals surface area contributed by atoms with E-state index in [0.717, 1.165) is 5.56 Å². The summed E-state index contributed by atoms with van der Waals surface area (Å²) in [5, 5.41) is 61.6. The second-order valence-corrected chi connectivity index (χ2v) is 29.4. The number of hydrogen-bond donors (Lipinski definition) is 9. The van der Waals surface area contributed by atoms with E-state index in [2.05, 4.69) is 26.6 Å². The van der Waals surface area contributed by atoms with Crippen molar-refractivity contribution in [1.29, 1.82) is 0 Å². The molecule has 9 N–H and O–H groups in total. The Morgan fingerprint density at radius 2 is 0.906 bits per heavy atom. The average Bonchev–Trinajstić information content (AvgIpc) is 2.32. The van der Waals surface area contributed by atoms with E-state index in [1.165, 1.54) is 0 Å². The van der Waals surface area contributed by atoms with E-state index in [4.69, 9.17) is 46.8 Å². The average molecular weight is 1230 g/mol. The van der Waals surface area contributed by atoms with Gasteiger partial charge in [-0.05, 0) is 145 Å². The molecule has 0 aromatic heterocycles. The zero-order valence-electron chi connectivity index (χ0n) is 53.4. The van der Waals surface area contributed by atoms with Crippen molar-refractivity contribution in [2.24, 2.45) is 0 Å². The number of ether oxygens (including phenoxy) is 9. The molecule has 5 amide bonds. The first kappa shape index (κ1) is 72.6. The molecule has 5 unspecified atom stereocenters. The van der Waals surface area contributed by atoms with Gasteiger partial charge in [0.1, 0.15) is 75.6 Å². The highest BCUT2D eigenvalue weighted by molar-refractivity contribution is 7.86. The van der Waals surface area contributed by atoms with Gasteiger partial charge in [-0.3, -0.25) is 4.18 Å². The van der Waals surface area contributed by atoms with Gasteiger partial charge < -0.3 is 89.6 Å². The Bertz CT molecular complexity index is 2520. The molecule has 27 heteroatoms. The molecule has 0 spiro atoms. The van der Waals surface area contributed by atoms with Gasteiger partial charge in [-0.1, -0.05) is 53.7 Å². The molecule has 1 aromatic carbocycles. The van der Waals surface area contributed by atoms with Crippen LogP contribution < -0.4 is 26.6 Å². The van der Waals surface area contributed by atoms with Gasteiger partial charge in [0, 0.05) is 13.0 Å². The lowest BCUT2D eigenvalue weighted by molar-refractivity contribution is -0.317. The summed E-state index contributed by atoms with van der Waals surface area (Å²) in [6.07, 6.45) is -23.4. The second-order valence-electron chi connectivity index (χ2n) is 27.8. The third-order valence-corrected chi connectivity index (χ3v) is 14.6. The van der Waals surface area contributed by atoms with Gasteiger partial charge in [-0.25, -0.2) is 24.0 Å². The summed E-state index contributed by atoms with van der Waals surface area (Å²) in [6.45, 7) is 34.2. The molecule has 1 saturated carbocycles. The zero-order valence-corrected chi connectivity index (χ0v) is 54.3. The molecule has 0 bridgehead atoms. The molecule has 4 rings (SSSR count). The van der Waals surface area contributed by atoms with Crippen molar-refractivity contribution in [1.82, 2.24) is 26.6 Å². The van der Waals surface area contributed by atoms with E-state index in [1.54, 1.807) is 104 Å². The minimum absolute atomic E-state index is 0.0478. The fourth-order valence-electron chi connectivity index (χ4n) is 9.54. The van der Waals surface area contributed by atoms with Crippen molar-refractivity contribution < 1.29 is 99.6 Å². The Morgan fingerprint density at radius 3 is 1.32 bits per heavy atom. The smallest absolute Gasteiger partial charge is 0.408 e. The molecule has 85 heavy (non-hydrogen) atoms. The summed E-state index contributed by atoms with van der Waals surface area (Å²) >= 11 is 0. The summed E-state index contributed by atoms with van der Waals surface area (Å²) in [7, 11) is -4.70. The molecule has 2 aliphatic heterocycles. The van der Waals surface area contributed by atoms with Crippen LogP contribution in [0.3, 0.4) is 0 Å². The number of carbonyl (C=O) groups excluding carboxylic acids is 5. The Morgan fingerprint density at radius 1 is 0.518 bits per heavy atom. The van der Waals surface area contributed by atoms with Crippen LogP contribution in [0.1, 0.15) is 193 Å². The number of benzene rings is 1. The predicted molar refractivity (Wildman–Crippen MR) is 309 cm³/mol. The van der Waals surface area contributed by atoms with Gasteiger partial charge in [0.2, 0.25) is 0 Å². The van der Waals surface area contributed by atoms with E-state index in [-0.39, 0.29) is 35.6 Å². The maximum Gasteiger partial charge on any atom is 0.408 e. The topological polar surface area (TPSA) is 353 Å². The van der Waals surface area contributed by atoms with E-state index in [1.807, 2.05) is 53.7 Å². The van der Waals surface area contributed by atoms with Gasteiger partial charge in [0.25, 0.3) is 10.1 Å². The summed E-state index contributed by atoms with van der Waals surface area (Å²) in [5.41, 5.74) is -3.26. The number of hydrogen-bond acceptors (Lipinski definition) is 21. The quantitative estimate of drug-likeness (QED) is 0.0608. The normalized spacial score (nSPS) is 28.0. The minimum atomic E-state index is -4.70. The Kier molecular flexibility index (Phi) is 24.4. The van der Waals surface area contributed by atoms with Crippen LogP contribution in [0.4, 0.5) is 24.0 Å². The molecule has 3 aliphatic rings. The van der Waals surface area contributed by atoms with Gasteiger partial charge in [-0.2, -0.15) is 8.42 Å². The van der Waals surface area contributed by atoms with Crippen molar-refractivity contribution >= 4 is 40.6 Å². The van der Waals surface area contributed by atoms with E-state index >= 15 is 0 Å². The largest absolute Gasteiger partial charge is 0.444 e. The number of aliphatic hydroxyl groups is 4. The number of aliphatic hydroxyl groups excluding tert-OH is 4. The van der Waals surface area contributed by atoms with Gasteiger partial charge in [0.15, 0.2) is 12.6 Å². The Hall–Kier alpha value is -4.84. The van der Waals surface area contributed by atoms with Gasteiger partial charge in [0.05, 0.1) is 36.9 Å². The van der Waals surface area contributed by atoms with Crippen molar-refractivity contribution in [3.8, 4) is 0 Å². The molecule has 2 saturated heterocycles. The van der Waals surface area contributed by atoms with Crippen LogP contribution in [-0.2, 0) is 56.9 Å². The van der Waals surface area contributed by atoms with Gasteiger partial charge in [-0.15, -0.1) is 0 Å². The van der Waals surface area contributed by atoms with Crippen LogP contribution in [0.25, 0.3) is 0 Å². The molecule has 26 nitrogen and oxygen atoms in total. The van der Waals surface area contributed by atoms with Crippen LogP contribution in [0.5, 0.6) is 0 Å². The fourth-order valence-corrected chi connectivity index (χ4v) is 11.1. The lowest BCUT2D eigenvalue weighted by atomic mass is 9.83. The highest BCUT2D eigenvalue weighted by Crippen LogP contribution is 2.38. The van der Waals surface area contributed by atoms with Crippen LogP contribution in [0.2, 0.25) is 0 Å². The standard InChI is InChI=1S/C58H99N5O21S/c1-28(2)31-22-32(29(3)4)46(33(23-31)30(5)6)85(73,74)75-27-39-41(65)40(63-53(72)84-58(19,20)21)42(66)48(77-39)79-45-35(61-51(70)82-56(13,14)15)24-34(60-50(69)81-55(10,11)12)44(43(45)67)78-47-36(62-52(71)83-57(16,17)18)25-37(64)38(76-47)26-59-49(68)80-54(7,8)9/h22-23,28-30,34-45,47-48,64-67H,24-27H2,1-21H3,(H,59,68)(H,60,69)(H,61,70)(H,62,71)(H,63,72)/t34-,35+,36+,37?,38+,39?,40-,41+,42?,43?,44?,45-,47+,48+/m0/s1. The van der Waals surface area contributed by atoms with Crippen LogP contribution >= 0.6 is 0 Å². The number of rotatable bonds is 17. The monoisotopic (exact) mass is 1230 g/mol. The number of carbonyl (C=O) groups is 5. The summed E-state index contributed by atoms with van der Waals surface area (Å²) < 4.78 is 88.4. The van der Waals surface area contributed by atoms with Crippen LogP contribution in [-0.4, -0.2) is 186 Å². The van der Waals surface area contributed by atoms with Crippen molar-refractivity contribution in [2.45, 2.75) is 294 Å². The molecule has 2 heterocycles. The molecular formula is C58H99N5O21S. The van der Waals surface area contributed by atoms with Gasteiger partial charge >= 0.3 is 30.5 Å². The van der Waals surface area contributed by atoms with E-state index < -0.39 is 167 Å². The Balaban J connectivity index is 1.89. The lowest BCUT2D eigenvalue weighted by Crippen LogP contribution is -2.70. The van der Waals surface area contributed by atoms with Crippen LogP contribution in [0, 0.1) is 0 Å². The first-order valence-electron chi connectivity index (χ1n) is 29.0. The third kappa shape index (κ3) is 22.4. The highest BCUT2D eigenvalue weighted by Gasteiger charge is 2.55. The first-order chi connectivity index (χ1) is 38.6. The number of alkyl carbamates (subject to hydrolysis) is 5. The Labute approximate surface area is 501 Å². The first-order valence-corrected chi connectivity index (χ1v) is 30.4. The summed E-state index contributed by atoms with van der Waals surface area (Å²) in [4.78, 5) is 67.3. The lowest BCUT2D eigenvalue weighted by Gasteiger charge is -2.49.